The van der Waals surface area contributed by atoms with E-state index in [1.54, 1.807) is 0 Å². The first kappa shape index (κ1) is 8.14. The van der Waals surface area contributed by atoms with Gasteiger partial charge in [-0.25, -0.2) is 0 Å². The summed E-state index contributed by atoms with van der Waals surface area (Å²) >= 11 is 0. The molecule has 1 aliphatic carbocycles. The van der Waals surface area contributed by atoms with Gasteiger partial charge in [0.1, 0.15) is 0 Å². The van der Waals surface area contributed by atoms with Crippen molar-refractivity contribution in [3.8, 4) is 11.8 Å². The van der Waals surface area contributed by atoms with Gasteiger partial charge in [0.2, 0.25) is 0 Å². The van der Waals surface area contributed by atoms with E-state index in [0.29, 0.717) is 5.92 Å². The Morgan fingerprint density at radius 1 is 1.45 bits per heavy atom. The average Bonchev–Trinajstić information content (AvgIpc) is 2.03. The van der Waals surface area contributed by atoms with Gasteiger partial charge in [-0.1, -0.05) is 43.9 Å². The normalized spacial score (nSPS) is 15.7. The van der Waals surface area contributed by atoms with Crippen LogP contribution in [0.25, 0.3) is 0 Å². The molecule has 1 rings (SSSR count). The molecule has 1 aliphatic rings. The molecule has 0 saturated carbocycles. The van der Waals surface area contributed by atoms with Crippen LogP contribution in [-0.2, 0) is 0 Å². The van der Waals surface area contributed by atoms with E-state index in [0.717, 1.165) is 12.8 Å². The predicted octanol–water partition coefficient (Wildman–Crippen LogP) is 2.92. The first-order valence-electron chi connectivity index (χ1n) is 4.16. The first-order valence-corrected chi connectivity index (χ1v) is 4.16. The molecule has 0 saturated heterocycles. The SMILES string of the molecule is CC(C)C#CC1=CC=CCC1. The molecule has 0 unspecified atom stereocenters. The van der Waals surface area contributed by atoms with E-state index in [4.69, 9.17) is 0 Å². The lowest BCUT2D eigenvalue weighted by Gasteiger charge is -1.99. The lowest BCUT2D eigenvalue weighted by Crippen LogP contribution is -1.85. The van der Waals surface area contributed by atoms with Crippen LogP contribution in [0.5, 0.6) is 0 Å². The van der Waals surface area contributed by atoms with Crippen LogP contribution in [-0.4, -0.2) is 0 Å². The van der Waals surface area contributed by atoms with Crippen molar-refractivity contribution in [2.45, 2.75) is 26.7 Å². The molecule has 0 nitrogen and oxygen atoms in total. The number of hydrogen-bond acceptors (Lipinski definition) is 0. The van der Waals surface area contributed by atoms with Crippen LogP contribution in [0.3, 0.4) is 0 Å². The van der Waals surface area contributed by atoms with Crippen LogP contribution in [0.1, 0.15) is 26.7 Å². The molecule has 58 valence electrons. The lowest BCUT2D eigenvalue weighted by molar-refractivity contribution is 0.865. The maximum absolute atomic E-state index is 3.18. The van der Waals surface area contributed by atoms with Crippen molar-refractivity contribution in [3.05, 3.63) is 23.8 Å². The van der Waals surface area contributed by atoms with E-state index < -0.39 is 0 Å². The third-order valence-corrected chi connectivity index (χ3v) is 1.54. The Balaban J connectivity index is 2.56. The minimum absolute atomic E-state index is 0.488. The Bertz CT molecular complexity index is 230. The molecule has 0 fully saturated rings. The summed E-state index contributed by atoms with van der Waals surface area (Å²) in [5, 5.41) is 0. The number of hydrogen-bond donors (Lipinski definition) is 0. The van der Waals surface area contributed by atoms with Crippen LogP contribution in [0, 0.1) is 17.8 Å². The standard InChI is InChI=1S/C11H14/c1-10(2)8-9-11-6-4-3-5-7-11/h3-4,6,10H,5,7H2,1-2H3. The zero-order chi connectivity index (χ0) is 8.10. The topological polar surface area (TPSA) is 0 Å². The Hall–Kier alpha value is -0.960. The van der Waals surface area contributed by atoms with Crippen molar-refractivity contribution in [2.24, 2.45) is 5.92 Å². The van der Waals surface area contributed by atoms with E-state index in [1.165, 1.54) is 5.57 Å². The van der Waals surface area contributed by atoms with Gasteiger partial charge in [-0.05, 0) is 12.8 Å². The van der Waals surface area contributed by atoms with Crippen LogP contribution in [0.2, 0.25) is 0 Å². The van der Waals surface area contributed by atoms with Gasteiger partial charge in [-0.15, -0.1) is 0 Å². The fourth-order valence-corrected chi connectivity index (χ4v) is 0.944. The van der Waals surface area contributed by atoms with Crippen LogP contribution in [0.15, 0.2) is 23.8 Å². The molecule has 0 heteroatoms. The summed E-state index contributed by atoms with van der Waals surface area (Å²) < 4.78 is 0. The largest absolute Gasteiger partial charge is 0.0954 e. The molecule has 0 radical (unpaired) electrons. The molecule has 0 bridgehead atoms. The highest BCUT2D eigenvalue weighted by Gasteiger charge is 1.93. The minimum atomic E-state index is 0.488. The smallest absolute Gasteiger partial charge is 0.0149 e. The lowest BCUT2D eigenvalue weighted by atomic mass is 10.1. The Labute approximate surface area is 69.0 Å². The molecular weight excluding hydrogens is 132 g/mol. The van der Waals surface area contributed by atoms with Crippen LogP contribution >= 0.6 is 0 Å². The van der Waals surface area contributed by atoms with Gasteiger partial charge in [0.25, 0.3) is 0 Å². The summed E-state index contributed by atoms with van der Waals surface area (Å²) in [7, 11) is 0. The van der Waals surface area contributed by atoms with E-state index in [9.17, 15) is 0 Å². The second-order valence-corrected chi connectivity index (χ2v) is 3.08. The molecule has 11 heavy (non-hydrogen) atoms. The summed E-state index contributed by atoms with van der Waals surface area (Å²) in [6.45, 7) is 4.23. The quantitative estimate of drug-likeness (QED) is 0.461. The van der Waals surface area contributed by atoms with Crippen molar-refractivity contribution < 1.29 is 0 Å². The van der Waals surface area contributed by atoms with Crippen molar-refractivity contribution in [1.29, 1.82) is 0 Å². The predicted molar refractivity (Wildman–Crippen MR) is 49.1 cm³/mol. The van der Waals surface area contributed by atoms with Crippen molar-refractivity contribution in [2.75, 3.05) is 0 Å². The van der Waals surface area contributed by atoms with E-state index in [-0.39, 0.29) is 0 Å². The van der Waals surface area contributed by atoms with Gasteiger partial charge in [0.15, 0.2) is 0 Å². The summed E-state index contributed by atoms with van der Waals surface area (Å²) in [6.07, 6.45) is 8.65. The van der Waals surface area contributed by atoms with Crippen LogP contribution < -0.4 is 0 Å². The van der Waals surface area contributed by atoms with Crippen molar-refractivity contribution >= 4 is 0 Å². The molecule has 0 N–H and O–H groups in total. The van der Waals surface area contributed by atoms with E-state index in [2.05, 4.69) is 43.9 Å². The van der Waals surface area contributed by atoms with Gasteiger partial charge in [0, 0.05) is 11.5 Å². The van der Waals surface area contributed by atoms with Gasteiger partial charge in [0.05, 0.1) is 0 Å². The second-order valence-electron chi connectivity index (χ2n) is 3.08. The van der Waals surface area contributed by atoms with Crippen LogP contribution in [0.4, 0.5) is 0 Å². The highest BCUT2D eigenvalue weighted by atomic mass is 14.0. The summed E-state index contributed by atoms with van der Waals surface area (Å²) in [6, 6.07) is 0. The molecule has 0 spiro atoms. The van der Waals surface area contributed by atoms with Gasteiger partial charge in [-0.2, -0.15) is 0 Å². The second kappa shape index (κ2) is 4.03. The average molecular weight is 146 g/mol. The van der Waals surface area contributed by atoms with Crippen molar-refractivity contribution in [3.63, 3.8) is 0 Å². The molecule has 0 heterocycles. The maximum Gasteiger partial charge on any atom is 0.0149 e. The van der Waals surface area contributed by atoms with Gasteiger partial charge < -0.3 is 0 Å². The first-order chi connectivity index (χ1) is 5.29. The molecule has 0 amide bonds. The molecule has 0 aliphatic heterocycles. The molecule has 0 aromatic rings. The minimum Gasteiger partial charge on any atom is -0.0954 e. The molecule has 0 aromatic carbocycles. The monoisotopic (exact) mass is 146 g/mol. The molecule has 0 aromatic heterocycles. The van der Waals surface area contributed by atoms with E-state index >= 15 is 0 Å². The number of allylic oxidation sites excluding steroid dienone is 4. The fraction of sp³-hybridized carbons (Fsp3) is 0.455. The Morgan fingerprint density at radius 3 is 2.82 bits per heavy atom. The zero-order valence-electron chi connectivity index (χ0n) is 7.22. The van der Waals surface area contributed by atoms with Crippen molar-refractivity contribution in [1.82, 2.24) is 0 Å². The van der Waals surface area contributed by atoms with Gasteiger partial charge in [-0.3, -0.25) is 0 Å². The Kier molecular flexibility index (Phi) is 2.98. The number of rotatable bonds is 0. The summed E-state index contributed by atoms with van der Waals surface area (Å²) in [5.41, 5.74) is 1.28. The zero-order valence-corrected chi connectivity index (χ0v) is 7.22. The highest BCUT2D eigenvalue weighted by Crippen LogP contribution is 2.10. The summed E-state index contributed by atoms with van der Waals surface area (Å²) in [5.74, 6) is 6.83. The molecule has 0 atom stereocenters. The van der Waals surface area contributed by atoms with Gasteiger partial charge >= 0.3 is 0 Å². The summed E-state index contributed by atoms with van der Waals surface area (Å²) in [4.78, 5) is 0. The maximum atomic E-state index is 3.18. The fourth-order valence-electron chi connectivity index (χ4n) is 0.944. The Morgan fingerprint density at radius 2 is 2.27 bits per heavy atom. The molecular formula is C11H14. The third-order valence-electron chi connectivity index (χ3n) is 1.54. The highest BCUT2D eigenvalue weighted by molar-refractivity contribution is 5.34. The third kappa shape index (κ3) is 3.09. The van der Waals surface area contributed by atoms with E-state index in [1.807, 2.05) is 0 Å².